The van der Waals surface area contributed by atoms with Crippen LogP contribution in [0.1, 0.15) is 24.0 Å². The van der Waals surface area contributed by atoms with Gasteiger partial charge in [-0.05, 0) is 24.0 Å². The van der Waals surface area contributed by atoms with E-state index in [9.17, 15) is 32.3 Å². The van der Waals surface area contributed by atoms with E-state index in [4.69, 9.17) is 0 Å². The van der Waals surface area contributed by atoms with Crippen molar-refractivity contribution >= 4 is 0 Å². The minimum atomic E-state index is -4.03. The molecule has 164 valence electrons. The van der Waals surface area contributed by atoms with Crippen LogP contribution in [0.15, 0.2) is 76.3 Å². The highest BCUT2D eigenvalue weighted by Crippen LogP contribution is 2.30. The molecule has 0 aliphatic heterocycles. The van der Waals surface area contributed by atoms with Gasteiger partial charge in [0, 0.05) is 12.8 Å². The zero-order valence-electron chi connectivity index (χ0n) is 16.3. The van der Waals surface area contributed by atoms with E-state index < -0.39 is 51.2 Å². The molecule has 1 N–H and O–H groups in total. The molecule has 5 nitrogen and oxygen atoms in total. The van der Waals surface area contributed by atoms with Crippen molar-refractivity contribution < 1.29 is 22.7 Å². The zero-order valence-corrected chi connectivity index (χ0v) is 16.3. The quantitative estimate of drug-likeness (QED) is 0.542. The summed E-state index contributed by atoms with van der Waals surface area (Å²) in [6, 6.07) is 8.50. The molecule has 0 aliphatic rings. The van der Waals surface area contributed by atoms with Crippen LogP contribution >= 0.6 is 0 Å². The summed E-state index contributed by atoms with van der Waals surface area (Å²) in [6.45, 7) is 0. The molecule has 0 bridgehead atoms. The smallest absolute Gasteiger partial charge is 0.343 e. The van der Waals surface area contributed by atoms with Crippen molar-refractivity contribution in [3.8, 4) is 5.88 Å². The van der Waals surface area contributed by atoms with Crippen molar-refractivity contribution in [2.75, 3.05) is 0 Å². The summed E-state index contributed by atoms with van der Waals surface area (Å²) >= 11 is 0. The second-order valence-electron chi connectivity index (χ2n) is 7.10. The average Bonchev–Trinajstić information content (AvgIpc) is 2.71. The Morgan fingerprint density at radius 1 is 0.710 bits per heavy atom. The van der Waals surface area contributed by atoms with Crippen LogP contribution in [0.4, 0.5) is 17.6 Å². The highest BCUT2D eigenvalue weighted by Gasteiger charge is 2.41. The van der Waals surface area contributed by atoms with Crippen LogP contribution in [0.2, 0.25) is 0 Å². The Hall–Kier alpha value is -3.36. The van der Waals surface area contributed by atoms with E-state index >= 15 is 0 Å². The molecule has 0 saturated carbocycles. The van der Waals surface area contributed by atoms with E-state index in [2.05, 4.69) is 0 Å². The summed E-state index contributed by atoms with van der Waals surface area (Å²) in [5.74, 6) is -1.37. The normalized spacial score (nSPS) is 12.1. The van der Waals surface area contributed by atoms with Crippen LogP contribution in [0, 0.1) is 0 Å². The number of alkyl halides is 4. The Morgan fingerprint density at radius 2 is 1.13 bits per heavy atom. The molecule has 0 atom stereocenters. The second kappa shape index (κ2) is 8.79. The first-order valence-electron chi connectivity index (χ1n) is 9.54. The number of rotatable bonds is 8. The molecule has 0 aliphatic carbocycles. The number of benzene rings is 2. The number of hydrogen-bond donors (Lipinski definition) is 1. The van der Waals surface area contributed by atoms with Gasteiger partial charge < -0.3 is 5.11 Å². The van der Waals surface area contributed by atoms with Crippen LogP contribution < -0.4 is 11.2 Å². The van der Waals surface area contributed by atoms with Crippen LogP contribution in [0.3, 0.4) is 0 Å². The lowest BCUT2D eigenvalue weighted by atomic mass is 10.1. The molecule has 9 heteroatoms. The number of halogens is 4. The lowest BCUT2D eigenvalue weighted by Crippen LogP contribution is -2.50. The molecule has 0 fully saturated rings. The molecule has 0 spiro atoms. The van der Waals surface area contributed by atoms with Gasteiger partial charge in [-0.25, -0.2) is 9.36 Å². The number of aryl methyl sites for hydroxylation is 2. The van der Waals surface area contributed by atoms with Gasteiger partial charge in [-0.1, -0.05) is 60.7 Å². The lowest BCUT2D eigenvalue weighted by molar-refractivity contribution is -0.118. The molecule has 2 aromatic carbocycles. The summed E-state index contributed by atoms with van der Waals surface area (Å²) in [5.41, 5.74) is -2.46. The molecule has 0 radical (unpaired) electrons. The first-order valence-corrected chi connectivity index (χ1v) is 9.54. The van der Waals surface area contributed by atoms with Gasteiger partial charge >= 0.3 is 17.8 Å². The summed E-state index contributed by atoms with van der Waals surface area (Å²) < 4.78 is 58.0. The fourth-order valence-electron chi connectivity index (χ4n) is 3.24. The van der Waals surface area contributed by atoms with E-state index in [1.807, 2.05) is 0 Å². The molecule has 3 aromatic rings. The van der Waals surface area contributed by atoms with E-state index in [1.165, 1.54) is 0 Å². The van der Waals surface area contributed by atoms with Gasteiger partial charge in [0.15, 0.2) is 0 Å². The molecule has 1 heterocycles. The molecular weight excluding hydrogens is 416 g/mol. The topological polar surface area (TPSA) is 64.2 Å². The van der Waals surface area contributed by atoms with Crippen molar-refractivity contribution in [3.05, 3.63) is 98.7 Å². The van der Waals surface area contributed by atoms with E-state index in [0.717, 1.165) is 0 Å². The Morgan fingerprint density at radius 3 is 1.58 bits per heavy atom. The number of aromatic nitrogens is 2. The molecular formula is C22H20F4N2O3. The molecule has 3 rings (SSSR count). The van der Waals surface area contributed by atoms with Crippen molar-refractivity contribution in [1.82, 2.24) is 9.13 Å². The molecule has 0 amide bonds. The average molecular weight is 436 g/mol. The van der Waals surface area contributed by atoms with Gasteiger partial charge in [0.2, 0.25) is 5.88 Å². The number of aromatic hydroxyl groups is 1. The summed E-state index contributed by atoms with van der Waals surface area (Å²) in [7, 11) is 0. The van der Waals surface area contributed by atoms with Crippen molar-refractivity contribution in [1.29, 1.82) is 0 Å². The van der Waals surface area contributed by atoms with Crippen LogP contribution in [0.25, 0.3) is 0 Å². The Balaban J connectivity index is 1.93. The van der Waals surface area contributed by atoms with Crippen LogP contribution in [0.5, 0.6) is 5.88 Å². The minimum Gasteiger partial charge on any atom is -0.494 e. The Labute approximate surface area is 174 Å². The van der Waals surface area contributed by atoms with Crippen molar-refractivity contribution in [2.45, 2.75) is 37.8 Å². The maximum Gasteiger partial charge on any atom is 0.343 e. The number of nitrogens with zero attached hydrogens (tertiary/aromatic N) is 2. The van der Waals surface area contributed by atoms with Crippen molar-refractivity contribution in [2.24, 2.45) is 0 Å². The minimum absolute atomic E-state index is 0.177. The zero-order chi connectivity index (χ0) is 22.6. The molecule has 1 aromatic heterocycles. The predicted molar refractivity (Wildman–Crippen MR) is 107 cm³/mol. The first-order chi connectivity index (χ1) is 14.6. The maximum absolute atomic E-state index is 14.8. The molecule has 0 saturated heterocycles. The van der Waals surface area contributed by atoms with Gasteiger partial charge in [0.05, 0.1) is 6.07 Å². The van der Waals surface area contributed by atoms with Crippen LogP contribution in [-0.4, -0.2) is 14.2 Å². The fraction of sp³-hybridized carbons (Fsp3) is 0.273. The van der Waals surface area contributed by atoms with E-state index in [-0.39, 0.29) is 18.9 Å². The van der Waals surface area contributed by atoms with Gasteiger partial charge in [-0.15, -0.1) is 0 Å². The fourth-order valence-corrected chi connectivity index (χ4v) is 3.24. The van der Waals surface area contributed by atoms with E-state index in [1.54, 1.807) is 60.7 Å². The summed E-state index contributed by atoms with van der Waals surface area (Å²) in [4.78, 5) is 24.6. The molecule has 31 heavy (non-hydrogen) atoms. The lowest BCUT2D eigenvalue weighted by Gasteiger charge is -2.24. The highest BCUT2D eigenvalue weighted by atomic mass is 19.3. The van der Waals surface area contributed by atoms with E-state index in [0.29, 0.717) is 11.1 Å². The standard InChI is InChI=1S/C22H20F4N2O3/c23-21(24,13-11-16-7-3-1-4-8-16)27-18(29)15-19(30)28(20(27)31)22(25,26)14-12-17-9-5-2-6-10-17/h1-10,15,29H,11-14H2. The summed E-state index contributed by atoms with van der Waals surface area (Å²) in [5, 5.41) is 9.83. The van der Waals surface area contributed by atoms with Gasteiger partial charge in [0.25, 0.3) is 5.56 Å². The SMILES string of the molecule is O=c1cc(O)n(C(F)(F)CCc2ccccc2)c(=O)n1C(F)(F)CCc1ccccc1. The predicted octanol–water partition coefficient (Wildman–Crippen LogP) is 4.08. The van der Waals surface area contributed by atoms with Gasteiger partial charge in [-0.2, -0.15) is 22.1 Å². The highest BCUT2D eigenvalue weighted by molar-refractivity contribution is 5.16. The third kappa shape index (κ3) is 5.04. The largest absolute Gasteiger partial charge is 0.494 e. The third-order valence-electron chi connectivity index (χ3n) is 4.85. The van der Waals surface area contributed by atoms with Gasteiger partial charge in [0.1, 0.15) is 0 Å². The Kier molecular flexibility index (Phi) is 6.33. The van der Waals surface area contributed by atoms with Crippen molar-refractivity contribution in [3.63, 3.8) is 0 Å². The first kappa shape index (κ1) is 22.3. The molecule has 0 unspecified atom stereocenters. The van der Waals surface area contributed by atoms with Gasteiger partial charge in [-0.3, -0.25) is 4.79 Å². The summed E-state index contributed by atoms with van der Waals surface area (Å²) in [6.07, 6.45) is -2.25. The number of hydrogen-bond acceptors (Lipinski definition) is 3. The third-order valence-corrected chi connectivity index (χ3v) is 4.85. The van der Waals surface area contributed by atoms with Crippen LogP contribution in [-0.2, 0) is 24.9 Å². The Bertz CT molecular complexity index is 1140. The monoisotopic (exact) mass is 436 g/mol. The second-order valence-corrected chi connectivity index (χ2v) is 7.10. The maximum atomic E-state index is 14.8.